The highest BCUT2D eigenvalue weighted by molar-refractivity contribution is 5.57. The standard InChI is InChI=1S/C21H29N7/c1-13(15-7-8-15)22-20-25-19(26-21(27-20)23-14(2)16-9-10-16)17-5-3-6-18(24-17)28-11-4-12-28/h3,5-6,13-16H,4,7-12H2,1-2H3,(H2,22,23,25,26,27). The predicted octanol–water partition coefficient (Wildman–Crippen LogP) is 3.56. The molecule has 2 aromatic rings. The minimum absolute atomic E-state index is 0.379. The summed E-state index contributed by atoms with van der Waals surface area (Å²) >= 11 is 0. The molecular weight excluding hydrogens is 350 g/mol. The third-order valence-corrected chi connectivity index (χ3v) is 6.15. The predicted molar refractivity (Wildman–Crippen MR) is 112 cm³/mol. The van der Waals surface area contributed by atoms with Crippen LogP contribution in [0.5, 0.6) is 0 Å². The van der Waals surface area contributed by atoms with Crippen LogP contribution in [0.2, 0.25) is 0 Å². The van der Waals surface area contributed by atoms with Crippen molar-refractivity contribution in [1.29, 1.82) is 0 Å². The van der Waals surface area contributed by atoms with Crippen molar-refractivity contribution in [3.63, 3.8) is 0 Å². The van der Waals surface area contributed by atoms with E-state index >= 15 is 0 Å². The fourth-order valence-electron chi connectivity index (χ4n) is 3.72. The Morgan fingerprint density at radius 2 is 1.46 bits per heavy atom. The Labute approximate surface area is 166 Å². The van der Waals surface area contributed by atoms with E-state index in [1.165, 1.54) is 32.1 Å². The SMILES string of the molecule is CC(Nc1nc(NC(C)C2CC2)nc(-c2cccc(N3CCC3)n2)n1)C1CC1. The topological polar surface area (TPSA) is 78.9 Å². The number of anilines is 3. The number of hydrogen-bond acceptors (Lipinski definition) is 7. The van der Waals surface area contributed by atoms with Gasteiger partial charge in [0.1, 0.15) is 11.5 Å². The summed E-state index contributed by atoms with van der Waals surface area (Å²) in [6.07, 6.45) is 6.38. The first-order valence-corrected chi connectivity index (χ1v) is 10.7. The molecule has 2 N–H and O–H groups in total. The molecule has 3 fully saturated rings. The summed E-state index contributed by atoms with van der Waals surface area (Å²) in [5.74, 6) is 4.39. The summed E-state index contributed by atoms with van der Waals surface area (Å²) in [7, 11) is 0. The van der Waals surface area contributed by atoms with Gasteiger partial charge >= 0.3 is 0 Å². The summed E-state index contributed by atoms with van der Waals surface area (Å²) in [6.45, 7) is 6.57. The maximum absolute atomic E-state index is 4.82. The number of nitrogens with one attached hydrogen (secondary N) is 2. The van der Waals surface area contributed by atoms with E-state index in [0.717, 1.165) is 36.4 Å². The van der Waals surface area contributed by atoms with Crippen molar-refractivity contribution in [2.45, 2.75) is 58.0 Å². The van der Waals surface area contributed by atoms with Crippen LogP contribution in [0.3, 0.4) is 0 Å². The van der Waals surface area contributed by atoms with Gasteiger partial charge in [0.25, 0.3) is 0 Å². The maximum atomic E-state index is 4.82. The number of nitrogens with zero attached hydrogens (tertiary/aromatic N) is 5. The van der Waals surface area contributed by atoms with Gasteiger partial charge in [-0.1, -0.05) is 6.07 Å². The molecular formula is C21H29N7. The fourth-order valence-corrected chi connectivity index (χ4v) is 3.72. The average molecular weight is 380 g/mol. The second-order valence-corrected chi connectivity index (χ2v) is 8.57. The van der Waals surface area contributed by atoms with E-state index in [9.17, 15) is 0 Å². The molecule has 2 aromatic heterocycles. The third-order valence-electron chi connectivity index (χ3n) is 6.15. The van der Waals surface area contributed by atoms with Gasteiger partial charge in [-0.2, -0.15) is 15.0 Å². The van der Waals surface area contributed by atoms with Gasteiger partial charge in [-0.3, -0.25) is 0 Å². The smallest absolute Gasteiger partial charge is 0.228 e. The maximum Gasteiger partial charge on any atom is 0.228 e. The van der Waals surface area contributed by atoms with Gasteiger partial charge in [-0.15, -0.1) is 0 Å². The van der Waals surface area contributed by atoms with Crippen molar-refractivity contribution < 1.29 is 0 Å². The molecule has 0 amide bonds. The first-order chi connectivity index (χ1) is 13.7. The van der Waals surface area contributed by atoms with Crippen LogP contribution in [0.4, 0.5) is 17.7 Å². The van der Waals surface area contributed by atoms with E-state index in [1.54, 1.807) is 0 Å². The van der Waals surface area contributed by atoms with E-state index in [-0.39, 0.29) is 0 Å². The van der Waals surface area contributed by atoms with Crippen LogP contribution in [0, 0.1) is 11.8 Å². The molecule has 0 radical (unpaired) electrons. The first kappa shape index (κ1) is 17.6. The van der Waals surface area contributed by atoms with Crippen molar-refractivity contribution in [1.82, 2.24) is 19.9 Å². The van der Waals surface area contributed by atoms with E-state index in [4.69, 9.17) is 15.0 Å². The second kappa shape index (κ2) is 7.18. The van der Waals surface area contributed by atoms with Gasteiger partial charge in [-0.25, -0.2) is 4.98 Å². The van der Waals surface area contributed by atoms with Gasteiger partial charge in [0.2, 0.25) is 11.9 Å². The van der Waals surface area contributed by atoms with Gasteiger partial charge in [0.15, 0.2) is 5.82 Å². The minimum atomic E-state index is 0.379. The Morgan fingerprint density at radius 1 is 0.857 bits per heavy atom. The lowest BCUT2D eigenvalue weighted by Gasteiger charge is -2.32. The largest absolute Gasteiger partial charge is 0.356 e. The molecule has 2 saturated carbocycles. The van der Waals surface area contributed by atoms with Crippen LogP contribution in [0.25, 0.3) is 11.5 Å². The van der Waals surface area contributed by atoms with Crippen LogP contribution in [0.15, 0.2) is 18.2 Å². The Balaban J connectivity index is 1.44. The van der Waals surface area contributed by atoms with Crippen LogP contribution in [-0.2, 0) is 0 Å². The zero-order chi connectivity index (χ0) is 19.1. The molecule has 5 rings (SSSR count). The lowest BCUT2D eigenvalue weighted by molar-refractivity contribution is 0.610. The molecule has 0 bridgehead atoms. The number of pyridine rings is 1. The molecule has 2 aliphatic carbocycles. The summed E-state index contributed by atoms with van der Waals surface area (Å²) in [4.78, 5) is 21.2. The molecule has 3 heterocycles. The number of rotatable bonds is 8. The summed E-state index contributed by atoms with van der Waals surface area (Å²) in [6, 6.07) is 6.85. The molecule has 148 valence electrons. The third kappa shape index (κ3) is 3.88. The van der Waals surface area contributed by atoms with Crippen molar-refractivity contribution in [3.05, 3.63) is 18.2 Å². The lowest BCUT2D eigenvalue weighted by atomic mass is 10.2. The number of hydrogen-bond donors (Lipinski definition) is 2. The normalized spacial score (nSPS) is 21.0. The summed E-state index contributed by atoms with van der Waals surface area (Å²) in [5, 5.41) is 6.98. The molecule has 28 heavy (non-hydrogen) atoms. The second-order valence-electron chi connectivity index (χ2n) is 8.57. The van der Waals surface area contributed by atoms with E-state index in [1.807, 2.05) is 12.1 Å². The average Bonchev–Trinajstić information content (AvgIpc) is 3.53. The fraction of sp³-hybridized carbons (Fsp3) is 0.619. The zero-order valence-electron chi connectivity index (χ0n) is 16.7. The Hall–Kier alpha value is -2.44. The highest BCUT2D eigenvalue weighted by Gasteiger charge is 2.30. The van der Waals surface area contributed by atoms with Crippen LogP contribution < -0.4 is 15.5 Å². The molecule has 1 saturated heterocycles. The summed E-state index contributed by atoms with van der Waals surface area (Å²) < 4.78 is 0. The monoisotopic (exact) mass is 379 g/mol. The molecule has 1 aliphatic heterocycles. The van der Waals surface area contributed by atoms with Gasteiger partial charge < -0.3 is 15.5 Å². The van der Waals surface area contributed by atoms with Gasteiger partial charge in [-0.05, 0) is 69.9 Å². The van der Waals surface area contributed by atoms with Gasteiger partial charge in [0.05, 0.1) is 0 Å². The van der Waals surface area contributed by atoms with Crippen molar-refractivity contribution in [2.75, 3.05) is 28.6 Å². The molecule has 7 heteroatoms. The van der Waals surface area contributed by atoms with Crippen molar-refractivity contribution in [2.24, 2.45) is 11.8 Å². The summed E-state index contributed by atoms with van der Waals surface area (Å²) in [5.41, 5.74) is 0.802. The van der Waals surface area contributed by atoms with Crippen LogP contribution in [-0.4, -0.2) is 45.1 Å². The van der Waals surface area contributed by atoms with Gasteiger partial charge in [0, 0.05) is 25.2 Å². The Bertz CT molecular complexity index is 804. The van der Waals surface area contributed by atoms with E-state index < -0.39 is 0 Å². The molecule has 7 nitrogen and oxygen atoms in total. The van der Waals surface area contributed by atoms with E-state index in [2.05, 4.69) is 40.4 Å². The highest BCUT2D eigenvalue weighted by atomic mass is 15.3. The van der Waals surface area contributed by atoms with Crippen molar-refractivity contribution >= 4 is 17.7 Å². The Kier molecular flexibility index (Phi) is 4.53. The highest BCUT2D eigenvalue weighted by Crippen LogP contribution is 2.35. The minimum Gasteiger partial charge on any atom is -0.356 e. The lowest BCUT2D eigenvalue weighted by Crippen LogP contribution is -2.37. The quantitative estimate of drug-likeness (QED) is 0.726. The molecule has 3 aliphatic rings. The molecule has 0 spiro atoms. The van der Waals surface area contributed by atoms with E-state index in [0.29, 0.717) is 29.8 Å². The molecule has 0 aromatic carbocycles. The van der Waals surface area contributed by atoms with Crippen LogP contribution in [0.1, 0.15) is 46.0 Å². The molecule has 2 unspecified atom stereocenters. The molecule has 2 atom stereocenters. The zero-order valence-corrected chi connectivity index (χ0v) is 16.7. The number of aromatic nitrogens is 4. The first-order valence-electron chi connectivity index (χ1n) is 10.7. The van der Waals surface area contributed by atoms with Crippen molar-refractivity contribution in [3.8, 4) is 11.5 Å². The Morgan fingerprint density at radius 3 is 1.96 bits per heavy atom. The van der Waals surface area contributed by atoms with Crippen LogP contribution >= 0.6 is 0 Å².